The Morgan fingerprint density at radius 1 is 0.853 bits per heavy atom. The zero-order valence-electron chi connectivity index (χ0n) is 20.5. The molecule has 0 heterocycles. The van der Waals surface area contributed by atoms with E-state index in [0.717, 1.165) is 28.7 Å². The molecule has 0 saturated carbocycles. The van der Waals surface area contributed by atoms with Gasteiger partial charge in [-0.15, -0.1) is 0 Å². The lowest BCUT2D eigenvalue weighted by atomic mass is 10.00. The molecule has 178 valence electrons. The quantitative estimate of drug-likeness (QED) is 0.415. The number of carbonyl (C=O) groups excluding carboxylic acids is 2. The molecule has 0 aliphatic heterocycles. The maximum atomic E-state index is 13.7. The molecular formula is C30H36N2O2. The van der Waals surface area contributed by atoms with Crippen molar-refractivity contribution in [2.45, 2.75) is 65.1 Å². The third-order valence-electron chi connectivity index (χ3n) is 6.34. The van der Waals surface area contributed by atoms with Crippen LogP contribution in [0.4, 0.5) is 0 Å². The normalized spacial score (nSPS) is 12.6. The Morgan fingerprint density at radius 3 is 2.06 bits per heavy atom. The highest BCUT2D eigenvalue weighted by atomic mass is 16.2. The minimum Gasteiger partial charge on any atom is -0.352 e. The van der Waals surface area contributed by atoms with Crippen molar-refractivity contribution in [1.82, 2.24) is 10.2 Å². The lowest BCUT2D eigenvalue weighted by Crippen LogP contribution is -2.52. The Kier molecular flexibility index (Phi) is 9.45. The summed E-state index contributed by atoms with van der Waals surface area (Å²) in [6.45, 7) is 6.51. The van der Waals surface area contributed by atoms with Crippen molar-refractivity contribution in [2.75, 3.05) is 0 Å². The van der Waals surface area contributed by atoms with Crippen LogP contribution in [-0.2, 0) is 29.0 Å². The summed E-state index contributed by atoms with van der Waals surface area (Å²) >= 11 is 0. The first-order valence-corrected chi connectivity index (χ1v) is 12.2. The molecule has 3 rings (SSSR count). The van der Waals surface area contributed by atoms with Crippen LogP contribution in [0.15, 0.2) is 84.9 Å². The average molecular weight is 457 g/mol. The van der Waals surface area contributed by atoms with Gasteiger partial charge in [-0.2, -0.15) is 0 Å². The van der Waals surface area contributed by atoms with Gasteiger partial charge in [0.2, 0.25) is 11.8 Å². The van der Waals surface area contributed by atoms with Crippen LogP contribution in [-0.4, -0.2) is 28.8 Å². The van der Waals surface area contributed by atoms with E-state index in [9.17, 15) is 9.59 Å². The smallest absolute Gasteiger partial charge is 0.243 e. The number of hydrogen-bond acceptors (Lipinski definition) is 2. The van der Waals surface area contributed by atoms with Crippen molar-refractivity contribution < 1.29 is 9.59 Å². The molecule has 4 heteroatoms. The highest BCUT2D eigenvalue weighted by molar-refractivity contribution is 5.88. The summed E-state index contributed by atoms with van der Waals surface area (Å²) in [6.07, 6.45) is 2.32. The topological polar surface area (TPSA) is 49.4 Å². The predicted octanol–water partition coefficient (Wildman–Crippen LogP) is 5.48. The number of benzene rings is 3. The third kappa shape index (κ3) is 7.31. The first kappa shape index (κ1) is 25.2. The van der Waals surface area contributed by atoms with Gasteiger partial charge in [0.15, 0.2) is 0 Å². The van der Waals surface area contributed by atoms with Gasteiger partial charge in [-0.05, 0) is 48.9 Å². The number of nitrogens with zero attached hydrogens (tertiary/aromatic N) is 1. The van der Waals surface area contributed by atoms with E-state index in [1.807, 2.05) is 106 Å². The zero-order valence-corrected chi connectivity index (χ0v) is 20.5. The second-order valence-corrected chi connectivity index (χ2v) is 8.96. The van der Waals surface area contributed by atoms with Crippen molar-refractivity contribution in [1.29, 1.82) is 0 Å². The second kappa shape index (κ2) is 12.7. The SMILES string of the molecule is CCC(C)NC(=O)C(Cc1ccccc1)N(Cc1ccccc1C)C(=O)CCc1ccccc1. The Labute approximate surface area is 204 Å². The summed E-state index contributed by atoms with van der Waals surface area (Å²) < 4.78 is 0. The molecule has 2 amide bonds. The lowest BCUT2D eigenvalue weighted by molar-refractivity contribution is -0.141. The van der Waals surface area contributed by atoms with Crippen molar-refractivity contribution in [3.63, 3.8) is 0 Å². The molecule has 3 aromatic carbocycles. The van der Waals surface area contributed by atoms with Gasteiger partial charge < -0.3 is 10.2 Å². The van der Waals surface area contributed by atoms with Crippen LogP contribution in [0.1, 0.15) is 48.9 Å². The van der Waals surface area contributed by atoms with Crippen molar-refractivity contribution in [3.05, 3.63) is 107 Å². The minimum atomic E-state index is -0.584. The van der Waals surface area contributed by atoms with E-state index in [1.54, 1.807) is 4.90 Å². The number of rotatable bonds is 11. The molecule has 0 bridgehead atoms. The highest BCUT2D eigenvalue weighted by Gasteiger charge is 2.31. The molecule has 4 nitrogen and oxygen atoms in total. The standard InChI is InChI=1S/C30H36N2O2/c1-4-24(3)31-30(34)28(21-26-16-9-6-10-17-26)32(22-27-18-12-11-13-23(27)2)29(33)20-19-25-14-7-5-8-15-25/h5-18,24,28H,4,19-22H2,1-3H3,(H,31,34). The van der Waals surface area contributed by atoms with Crippen LogP contribution in [0, 0.1) is 6.92 Å². The molecule has 0 fully saturated rings. The molecule has 34 heavy (non-hydrogen) atoms. The Balaban J connectivity index is 1.92. The van der Waals surface area contributed by atoms with E-state index in [-0.39, 0.29) is 17.9 Å². The summed E-state index contributed by atoms with van der Waals surface area (Å²) in [5, 5.41) is 3.13. The van der Waals surface area contributed by atoms with Crippen LogP contribution in [0.5, 0.6) is 0 Å². The van der Waals surface area contributed by atoms with Gasteiger partial charge >= 0.3 is 0 Å². The van der Waals surface area contributed by atoms with Gasteiger partial charge in [0.1, 0.15) is 6.04 Å². The maximum absolute atomic E-state index is 13.7. The number of amides is 2. The number of aryl methyl sites for hydroxylation is 2. The van der Waals surface area contributed by atoms with Crippen LogP contribution < -0.4 is 5.32 Å². The first-order valence-electron chi connectivity index (χ1n) is 12.2. The predicted molar refractivity (Wildman–Crippen MR) is 138 cm³/mol. The van der Waals surface area contributed by atoms with Crippen LogP contribution in [0.2, 0.25) is 0 Å². The number of carbonyl (C=O) groups is 2. The summed E-state index contributed by atoms with van der Waals surface area (Å²) in [4.78, 5) is 29.0. The van der Waals surface area contributed by atoms with Gasteiger partial charge in [0, 0.05) is 25.4 Å². The van der Waals surface area contributed by atoms with Gasteiger partial charge in [0.25, 0.3) is 0 Å². The van der Waals surface area contributed by atoms with E-state index in [1.165, 1.54) is 0 Å². The van der Waals surface area contributed by atoms with Gasteiger partial charge in [-0.3, -0.25) is 9.59 Å². The molecule has 0 aliphatic rings. The van der Waals surface area contributed by atoms with Crippen LogP contribution in [0.3, 0.4) is 0 Å². The molecule has 2 unspecified atom stereocenters. The largest absolute Gasteiger partial charge is 0.352 e. The van der Waals surface area contributed by atoms with Gasteiger partial charge in [0.05, 0.1) is 0 Å². The average Bonchev–Trinajstić information content (AvgIpc) is 2.86. The number of hydrogen-bond donors (Lipinski definition) is 1. The highest BCUT2D eigenvalue weighted by Crippen LogP contribution is 2.19. The van der Waals surface area contributed by atoms with E-state index in [4.69, 9.17) is 0 Å². The van der Waals surface area contributed by atoms with E-state index in [0.29, 0.717) is 25.8 Å². The van der Waals surface area contributed by atoms with Crippen LogP contribution in [0.25, 0.3) is 0 Å². The molecule has 0 radical (unpaired) electrons. The van der Waals surface area contributed by atoms with Crippen molar-refractivity contribution in [3.8, 4) is 0 Å². The Bertz CT molecular complexity index is 1050. The number of nitrogens with one attached hydrogen (secondary N) is 1. The van der Waals surface area contributed by atoms with Gasteiger partial charge in [-0.25, -0.2) is 0 Å². The first-order chi connectivity index (χ1) is 16.5. The van der Waals surface area contributed by atoms with E-state index < -0.39 is 6.04 Å². The molecule has 0 spiro atoms. The van der Waals surface area contributed by atoms with Crippen molar-refractivity contribution >= 4 is 11.8 Å². The molecule has 0 aliphatic carbocycles. The summed E-state index contributed by atoms with van der Waals surface area (Å²) in [5.74, 6) is -0.104. The molecule has 0 aromatic heterocycles. The summed E-state index contributed by atoms with van der Waals surface area (Å²) in [5.41, 5.74) is 4.34. The van der Waals surface area contributed by atoms with E-state index in [2.05, 4.69) is 5.32 Å². The second-order valence-electron chi connectivity index (χ2n) is 8.96. The monoisotopic (exact) mass is 456 g/mol. The lowest BCUT2D eigenvalue weighted by Gasteiger charge is -2.33. The summed E-state index contributed by atoms with van der Waals surface area (Å²) in [6, 6.07) is 27.5. The maximum Gasteiger partial charge on any atom is 0.243 e. The van der Waals surface area contributed by atoms with E-state index >= 15 is 0 Å². The van der Waals surface area contributed by atoms with Gasteiger partial charge in [-0.1, -0.05) is 91.9 Å². The fourth-order valence-electron chi connectivity index (χ4n) is 4.01. The fourth-order valence-corrected chi connectivity index (χ4v) is 4.01. The third-order valence-corrected chi connectivity index (χ3v) is 6.34. The molecule has 1 N–H and O–H groups in total. The molecular weight excluding hydrogens is 420 g/mol. The molecule has 3 aromatic rings. The fraction of sp³-hybridized carbons (Fsp3) is 0.333. The zero-order chi connectivity index (χ0) is 24.3. The Hall–Kier alpha value is -3.40. The minimum absolute atomic E-state index is 0.00709. The Morgan fingerprint density at radius 2 is 1.44 bits per heavy atom. The molecule has 2 atom stereocenters. The van der Waals surface area contributed by atoms with Crippen molar-refractivity contribution in [2.24, 2.45) is 0 Å². The van der Waals surface area contributed by atoms with Crippen LogP contribution >= 0.6 is 0 Å². The summed E-state index contributed by atoms with van der Waals surface area (Å²) in [7, 11) is 0. The molecule has 0 saturated heterocycles.